The monoisotopic (exact) mass is 193 g/mol. The minimum Gasteiger partial charge on any atom is -0.330 e. The SMILES string of the molecule is NCC1CCCC(COC(F)F)C1. The van der Waals surface area contributed by atoms with Crippen molar-refractivity contribution in [2.45, 2.75) is 32.3 Å². The van der Waals surface area contributed by atoms with E-state index in [9.17, 15) is 8.78 Å². The fourth-order valence-corrected chi connectivity index (χ4v) is 1.98. The van der Waals surface area contributed by atoms with Gasteiger partial charge in [0, 0.05) is 0 Å². The second-order valence-electron chi connectivity index (χ2n) is 3.73. The zero-order chi connectivity index (χ0) is 9.68. The zero-order valence-electron chi connectivity index (χ0n) is 7.72. The highest BCUT2D eigenvalue weighted by Crippen LogP contribution is 2.28. The highest BCUT2D eigenvalue weighted by molar-refractivity contribution is 4.73. The van der Waals surface area contributed by atoms with Crippen molar-refractivity contribution in [3.05, 3.63) is 0 Å². The summed E-state index contributed by atoms with van der Waals surface area (Å²) in [6.45, 7) is -1.77. The maximum atomic E-state index is 11.7. The number of halogens is 2. The first-order valence-corrected chi connectivity index (χ1v) is 4.82. The van der Waals surface area contributed by atoms with E-state index < -0.39 is 6.61 Å². The van der Waals surface area contributed by atoms with Crippen LogP contribution in [0, 0.1) is 11.8 Å². The second-order valence-corrected chi connectivity index (χ2v) is 3.73. The van der Waals surface area contributed by atoms with Gasteiger partial charge in [-0.1, -0.05) is 6.42 Å². The molecule has 0 aliphatic heterocycles. The Balaban J connectivity index is 2.18. The number of ether oxygens (including phenoxy) is 1. The first-order valence-electron chi connectivity index (χ1n) is 4.82. The lowest BCUT2D eigenvalue weighted by atomic mass is 9.82. The highest BCUT2D eigenvalue weighted by atomic mass is 19.3. The van der Waals surface area contributed by atoms with Gasteiger partial charge in [-0.15, -0.1) is 0 Å². The molecule has 1 fully saturated rings. The van der Waals surface area contributed by atoms with Gasteiger partial charge in [-0.3, -0.25) is 0 Å². The Morgan fingerprint density at radius 3 is 2.62 bits per heavy atom. The van der Waals surface area contributed by atoms with Crippen LogP contribution in [0.3, 0.4) is 0 Å². The topological polar surface area (TPSA) is 35.2 Å². The van der Waals surface area contributed by atoms with Crippen molar-refractivity contribution in [2.75, 3.05) is 13.2 Å². The van der Waals surface area contributed by atoms with E-state index in [1.165, 1.54) is 0 Å². The molecule has 2 N–H and O–H groups in total. The Morgan fingerprint density at radius 1 is 1.31 bits per heavy atom. The van der Waals surface area contributed by atoms with Crippen LogP contribution in [0.15, 0.2) is 0 Å². The summed E-state index contributed by atoms with van der Waals surface area (Å²) in [6.07, 6.45) is 4.19. The molecule has 1 aliphatic carbocycles. The van der Waals surface area contributed by atoms with Gasteiger partial charge in [0.25, 0.3) is 0 Å². The molecule has 2 unspecified atom stereocenters. The molecule has 78 valence electrons. The Labute approximate surface area is 77.4 Å². The molecule has 0 radical (unpaired) electrons. The van der Waals surface area contributed by atoms with E-state index in [2.05, 4.69) is 4.74 Å². The Bertz CT molecular complexity index is 144. The van der Waals surface area contributed by atoms with E-state index in [4.69, 9.17) is 5.73 Å². The van der Waals surface area contributed by atoms with Gasteiger partial charge in [0.1, 0.15) is 0 Å². The maximum absolute atomic E-state index is 11.7. The third kappa shape index (κ3) is 4.00. The number of nitrogens with two attached hydrogens (primary N) is 1. The summed E-state index contributed by atoms with van der Waals surface area (Å²) in [5.41, 5.74) is 5.53. The van der Waals surface area contributed by atoms with Gasteiger partial charge < -0.3 is 10.5 Å². The molecule has 13 heavy (non-hydrogen) atoms. The first kappa shape index (κ1) is 10.9. The van der Waals surface area contributed by atoms with E-state index in [-0.39, 0.29) is 12.5 Å². The second kappa shape index (κ2) is 5.50. The van der Waals surface area contributed by atoms with E-state index in [1.54, 1.807) is 0 Å². The quantitative estimate of drug-likeness (QED) is 0.741. The molecule has 0 amide bonds. The van der Waals surface area contributed by atoms with Crippen molar-refractivity contribution in [1.29, 1.82) is 0 Å². The molecule has 2 nitrogen and oxygen atoms in total. The Kier molecular flexibility index (Phi) is 4.59. The van der Waals surface area contributed by atoms with Crippen molar-refractivity contribution >= 4 is 0 Å². The van der Waals surface area contributed by atoms with Crippen LogP contribution in [-0.4, -0.2) is 19.8 Å². The average Bonchev–Trinajstić information content (AvgIpc) is 2.15. The van der Waals surface area contributed by atoms with Crippen molar-refractivity contribution < 1.29 is 13.5 Å². The van der Waals surface area contributed by atoms with Crippen LogP contribution < -0.4 is 5.73 Å². The normalized spacial score (nSPS) is 29.5. The molecule has 0 saturated heterocycles. The summed E-state index contributed by atoms with van der Waals surface area (Å²) in [4.78, 5) is 0. The summed E-state index contributed by atoms with van der Waals surface area (Å²) in [5, 5.41) is 0. The van der Waals surface area contributed by atoms with Gasteiger partial charge in [-0.05, 0) is 37.6 Å². The summed E-state index contributed by atoms with van der Waals surface area (Å²) < 4.78 is 27.7. The minimum absolute atomic E-state index is 0.189. The molecule has 0 aromatic carbocycles. The van der Waals surface area contributed by atoms with E-state index in [1.807, 2.05) is 0 Å². The molecule has 0 heterocycles. The van der Waals surface area contributed by atoms with E-state index in [0.29, 0.717) is 12.5 Å². The lowest BCUT2D eigenvalue weighted by Gasteiger charge is -2.27. The minimum atomic E-state index is -2.63. The van der Waals surface area contributed by atoms with Gasteiger partial charge in [0.2, 0.25) is 0 Å². The molecule has 4 heteroatoms. The molecule has 0 bridgehead atoms. The van der Waals surface area contributed by atoms with Crippen molar-refractivity contribution in [3.8, 4) is 0 Å². The third-order valence-corrected chi connectivity index (χ3v) is 2.68. The van der Waals surface area contributed by atoms with Crippen LogP contribution in [0.5, 0.6) is 0 Å². The molecule has 0 spiro atoms. The smallest absolute Gasteiger partial charge is 0.330 e. The van der Waals surface area contributed by atoms with Gasteiger partial charge >= 0.3 is 6.61 Å². The van der Waals surface area contributed by atoms with Crippen LogP contribution in [0.4, 0.5) is 8.78 Å². The lowest BCUT2D eigenvalue weighted by Crippen LogP contribution is -2.25. The summed E-state index contributed by atoms with van der Waals surface area (Å²) >= 11 is 0. The van der Waals surface area contributed by atoms with Gasteiger partial charge in [-0.2, -0.15) is 8.78 Å². The fourth-order valence-electron chi connectivity index (χ4n) is 1.98. The number of rotatable bonds is 4. The standard InChI is InChI=1S/C9H17F2NO/c10-9(11)13-6-8-3-1-2-7(4-8)5-12/h7-9H,1-6,12H2. The maximum Gasteiger partial charge on any atom is 0.345 e. The summed E-state index contributed by atoms with van der Waals surface area (Å²) in [5.74, 6) is 0.802. The Morgan fingerprint density at radius 2 is 2.00 bits per heavy atom. The van der Waals surface area contributed by atoms with Crippen LogP contribution >= 0.6 is 0 Å². The van der Waals surface area contributed by atoms with Crippen LogP contribution in [0.25, 0.3) is 0 Å². The summed E-state index contributed by atoms with van der Waals surface area (Å²) in [6, 6.07) is 0. The van der Waals surface area contributed by atoms with Crippen LogP contribution in [0.2, 0.25) is 0 Å². The van der Waals surface area contributed by atoms with Gasteiger partial charge in [0.05, 0.1) is 6.61 Å². The predicted octanol–water partition coefficient (Wildman–Crippen LogP) is 1.99. The Hall–Kier alpha value is -0.220. The molecule has 1 rings (SSSR count). The molecular weight excluding hydrogens is 176 g/mol. The average molecular weight is 193 g/mol. The molecule has 1 aliphatic rings. The molecule has 1 saturated carbocycles. The molecule has 0 aromatic heterocycles. The van der Waals surface area contributed by atoms with Crippen molar-refractivity contribution in [2.24, 2.45) is 17.6 Å². The van der Waals surface area contributed by atoms with Crippen LogP contribution in [0.1, 0.15) is 25.7 Å². The van der Waals surface area contributed by atoms with Gasteiger partial charge in [-0.25, -0.2) is 0 Å². The van der Waals surface area contributed by atoms with Crippen molar-refractivity contribution in [3.63, 3.8) is 0 Å². The predicted molar refractivity (Wildman–Crippen MR) is 46.5 cm³/mol. The van der Waals surface area contributed by atoms with Crippen LogP contribution in [-0.2, 0) is 4.74 Å². The number of alkyl halides is 2. The van der Waals surface area contributed by atoms with Gasteiger partial charge in [0.15, 0.2) is 0 Å². The zero-order valence-corrected chi connectivity index (χ0v) is 7.72. The molecule has 2 atom stereocenters. The van der Waals surface area contributed by atoms with E-state index in [0.717, 1.165) is 25.7 Å². The fraction of sp³-hybridized carbons (Fsp3) is 1.00. The number of hydrogen-bond acceptors (Lipinski definition) is 2. The first-order chi connectivity index (χ1) is 6.22. The summed E-state index contributed by atoms with van der Waals surface area (Å²) in [7, 11) is 0. The number of hydrogen-bond donors (Lipinski definition) is 1. The van der Waals surface area contributed by atoms with Crippen molar-refractivity contribution in [1.82, 2.24) is 0 Å². The molecular formula is C9H17F2NO. The lowest BCUT2D eigenvalue weighted by molar-refractivity contribution is -0.141. The largest absolute Gasteiger partial charge is 0.345 e. The third-order valence-electron chi connectivity index (χ3n) is 2.68. The van der Waals surface area contributed by atoms with E-state index >= 15 is 0 Å². The highest BCUT2D eigenvalue weighted by Gasteiger charge is 2.21. The molecule has 0 aromatic rings.